The molecule has 0 bridgehead atoms. The van der Waals surface area contributed by atoms with Crippen LogP contribution in [-0.4, -0.2) is 9.97 Å². The van der Waals surface area contributed by atoms with Gasteiger partial charge in [-0.15, -0.1) is 0 Å². The van der Waals surface area contributed by atoms with Gasteiger partial charge in [-0.05, 0) is 37.5 Å². The first-order chi connectivity index (χ1) is 9.13. The van der Waals surface area contributed by atoms with Crippen LogP contribution in [0.15, 0.2) is 23.0 Å². The van der Waals surface area contributed by atoms with Crippen LogP contribution in [0.1, 0.15) is 17.7 Å². The smallest absolute Gasteiger partial charge is 0.255 e. The summed E-state index contributed by atoms with van der Waals surface area (Å²) in [6, 6.07) is 3.98. The number of fused-ring (bicyclic) bond motifs is 1. The standard InChI is InChI=1S/C13H11ClFN3O/c14-9-5-4-7(15)6-11(9)17-13-16-10-3-1-2-8(10)12(19)18-13/h4-6H,1-3H2,(H2,16,17,18,19). The van der Waals surface area contributed by atoms with Crippen molar-refractivity contribution in [3.05, 3.63) is 50.7 Å². The maximum absolute atomic E-state index is 13.2. The Morgan fingerprint density at radius 2 is 2.21 bits per heavy atom. The number of hydrogen-bond acceptors (Lipinski definition) is 3. The predicted molar refractivity (Wildman–Crippen MR) is 71.6 cm³/mol. The number of halogens is 2. The van der Waals surface area contributed by atoms with Crippen molar-refractivity contribution in [2.45, 2.75) is 19.3 Å². The topological polar surface area (TPSA) is 57.8 Å². The Morgan fingerprint density at radius 3 is 3.05 bits per heavy atom. The first-order valence-corrected chi connectivity index (χ1v) is 6.35. The van der Waals surface area contributed by atoms with Crippen molar-refractivity contribution in [3.63, 3.8) is 0 Å². The summed E-state index contributed by atoms with van der Waals surface area (Å²) in [5.74, 6) is -0.117. The summed E-state index contributed by atoms with van der Waals surface area (Å²) >= 11 is 5.95. The second-order valence-electron chi connectivity index (χ2n) is 4.44. The molecule has 0 fully saturated rings. The summed E-state index contributed by atoms with van der Waals surface area (Å²) in [5.41, 5.74) is 1.79. The van der Waals surface area contributed by atoms with Gasteiger partial charge in [-0.3, -0.25) is 9.78 Å². The van der Waals surface area contributed by atoms with E-state index in [0.29, 0.717) is 10.7 Å². The third-order valence-electron chi connectivity index (χ3n) is 3.12. The van der Waals surface area contributed by atoms with Crippen LogP contribution in [0, 0.1) is 5.82 Å². The van der Waals surface area contributed by atoms with E-state index in [4.69, 9.17) is 11.6 Å². The number of aromatic amines is 1. The molecule has 0 unspecified atom stereocenters. The van der Waals surface area contributed by atoms with Gasteiger partial charge in [0.1, 0.15) is 5.82 Å². The lowest BCUT2D eigenvalue weighted by Gasteiger charge is -2.08. The monoisotopic (exact) mass is 279 g/mol. The summed E-state index contributed by atoms with van der Waals surface area (Å²) < 4.78 is 13.2. The van der Waals surface area contributed by atoms with Crippen molar-refractivity contribution < 1.29 is 4.39 Å². The average molecular weight is 280 g/mol. The van der Waals surface area contributed by atoms with E-state index in [1.165, 1.54) is 18.2 Å². The quantitative estimate of drug-likeness (QED) is 0.889. The molecule has 0 amide bonds. The molecule has 0 saturated heterocycles. The highest BCUT2D eigenvalue weighted by Crippen LogP contribution is 2.25. The molecule has 1 aromatic carbocycles. The predicted octanol–water partition coefficient (Wildman–Crippen LogP) is 2.79. The normalized spacial score (nSPS) is 13.4. The van der Waals surface area contributed by atoms with Gasteiger partial charge >= 0.3 is 0 Å². The largest absolute Gasteiger partial charge is 0.324 e. The van der Waals surface area contributed by atoms with Crippen molar-refractivity contribution in [3.8, 4) is 0 Å². The zero-order chi connectivity index (χ0) is 13.4. The first kappa shape index (κ1) is 12.2. The zero-order valence-electron chi connectivity index (χ0n) is 9.96. The number of H-pyrrole nitrogens is 1. The third kappa shape index (κ3) is 2.33. The minimum Gasteiger partial charge on any atom is -0.324 e. The molecule has 98 valence electrons. The molecule has 1 heterocycles. The summed E-state index contributed by atoms with van der Waals surface area (Å²) in [7, 11) is 0. The molecule has 1 aliphatic carbocycles. The summed E-state index contributed by atoms with van der Waals surface area (Å²) in [6.07, 6.45) is 2.50. The molecule has 0 atom stereocenters. The second-order valence-corrected chi connectivity index (χ2v) is 4.85. The second kappa shape index (κ2) is 4.66. The van der Waals surface area contributed by atoms with Crippen LogP contribution in [0.2, 0.25) is 5.02 Å². The van der Waals surface area contributed by atoms with Gasteiger partial charge in [0, 0.05) is 5.56 Å². The van der Waals surface area contributed by atoms with E-state index in [0.717, 1.165) is 30.5 Å². The maximum atomic E-state index is 13.2. The highest BCUT2D eigenvalue weighted by atomic mass is 35.5. The van der Waals surface area contributed by atoms with Gasteiger partial charge in [0.2, 0.25) is 5.95 Å². The number of benzene rings is 1. The molecule has 1 aliphatic rings. The molecular weight excluding hydrogens is 269 g/mol. The van der Waals surface area contributed by atoms with Crippen LogP contribution in [0.4, 0.5) is 16.0 Å². The first-order valence-electron chi connectivity index (χ1n) is 5.97. The number of aromatic nitrogens is 2. The van der Waals surface area contributed by atoms with Gasteiger partial charge in [0.15, 0.2) is 0 Å². The molecule has 4 nitrogen and oxygen atoms in total. The Labute approximate surface area is 113 Å². The minimum absolute atomic E-state index is 0.141. The molecular formula is C13H11ClFN3O. The molecule has 6 heteroatoms. The molecule has 1 aromatic heterocycles. The fourth-order valence-corrected chi connectivity index (χ4v) is 2.39. The van der Waals surface area contributed by atoms with Gasteiger partial charge in [-0.2, -0.15) is 0 Å². The van der Waals surface area contributed by atoms with E-state index >= 15 is 0 Å². The maximum Gasteiger partial charge on any atom is 0.255 e. The zero-order valence-corrected chi connectivity index (χ0v) is 10.7. The van der Waals surface area contributed by atoms with Crippen LogP contribution >= 0.6 is 11.6 Å². The van der Waals surface area contributed by atoms with Crippen LogP contribution < -0.4 is 10.9 Å². The molecule has 0 aliphatic heterocycles. The van der Waals surface area contributed by atoms with Gasteiger partial charge in [-0.1, -0.05) is 11.6 Å². The van der Waals surface area contributed by atoms with E-state index in [1.54, 1.807) is 0 Å². The van der Waals surface area contributed by atoms with Gasteiger partial charge < -0.3 is 5.32 Å². The van der Waals surface area contributed by atoms with E-state index in [1.807, 2.05) is 0 Å². The van der Waals surface area contributed by atoms with Crippen molar-refractivity contribution >= 4 is 23.2 Å². The highest BCUT2D eigenvalue weighted by Gasteiger charge is 2.17. The van der Waals surface area contributed by atoms with E-state index in [2.05, 4.69) is 15.3 Å². The fourth-order valence-electron chi connectivity index (χ4n) is 2.22. The summed E-state index contributed by atoms with van der Waals surface area (Å²) in [5, 5.41) is 3.21. The SMILES string of the molecule is O=c1[nH]c(Nc2cc(F)ccc2Cl)nc2c1CCC2. The summed E-state index contributed by atoms with van der Waals surface area (Å²) in [4.78, 5) is 18.8. The van der Waals surface area contributed by atoms with Crippen molar-refractivity contribution in [2.75, 3.05) is 5.32 Å². The van der Waals surface area contributed by atoms with Gasteiger partial charge in [0.25, 0.3) is 5.56 Å². The molecule has 0 spiro atoms. The molecule has 3 rings (SSSR count). The van der Waals surface area contributed by atoms with Gasteiger partial charge in [-0.25, -0.2) is 9.37 Å². The minimum atomic E-state index is -0.407. The van der Waals surface area contributed by atoms with Crippen molar-refractivity contribution in [1.29, 1.82) is 0 Å². The number of aryl methyl sites for hydroxylation is 1. The lowest BCUT2D eigenvalue weighted by atomic mass is 10.2. The van der Waals surface area contributed by atoms with Crippen LogP contribution in [0.25, 0.3) is 0 Å². The highest BCUT2D eigenvalue weighted by molar-refractivity contribution is 6.33. The average Bonchev–Trinajstić information content (AvgIpc) is 2.82. The number of anilines is 2. The number of nitrogens with one attached hydrogen (secondary N) is 2. The van der Waals surface area contributed by atoms with Crippen LogP contribution in [-0.2, 0) is 12.8 Å². The Morgan fingerprint density at radius 1 is 1.37 bits per heavy atom. The Kier molecular flexibility index (Phi) is 2.98. The fraction of sp³-hybridized carbons (Fsp3) is 0.231. The molecule has 19 heavy (non-hydrogen) atoms. The molecule has 2 N–H and O–H groups in total. The molecule has 2 aromatic rings. The van der Waals surface area contributed by atoms with E-state index < -0.39 is 5.82 Å². The van der Waals surface area contributed by atoms with Crippen LogP contribution in [0.3, 0.4) is 0 Å². The third-order valence-corrected chi connectivity index (χ3v) is 3.45. The van der Waals surface area contributed by atoms with Gasteiger partial charge in [0.05, 0.1) is 16.4 Å². The number of nitrogens with zero attached hydrogens (tertiary/aromatic N) is 1. The van der Waals surface area contributed by atoms with Crippen LogP contribution in [0.5, 0.6) is 0 Å². The van der Waals surface area contributed by atoms with E-state index in [9.17, 15) is 9.18 Å². The van der Waals surface area contributed by atoms with Crippen molar-refractivity contribution in [2.24, 2.45) is 0 Å². The Bertz CT molecular complexity index is 699. The summed E-state index contributed by atoms with van der Waals surface area (Å²) in [6.45, 7) is 0. The molecule has 0 radical (unpaired) electrons. The lowest BCUT2D eigenvalue weighted by Crippen LogP contribution is -2.16. The Balaban J connectivity index is 1.98. The number of hydrogen-bond donors (Lipinski definition) is 2. The number of rotatable bonds is 2. The molecule has 0 saturated carbocycles. The van der Waals surface area contributed by atoms with E-state index in [-0.39, 0.29) is 11.5 Å². The van der Waals surface area contributed by atoms with Crippen molar-refractivity contribution in [1.82, 2.24) is 9.97 Å². The lowest BCUT2D eigenvalue weighted by molar-refractivity contribution is 0.628. The Hall–Kier alpha value is -1.88.